The maximum atomic E-state index is 9.56. The van der Waals surface area contributed by atoms with Crippen LogP contribution in [0.15, 0.2) is 33.3 Å². The molecule has 0 bridgehead atoms. The van der Waals surface area contributed by atoms with Gasteiger partial charge in [0, 0.05) is 0 Å². The van der Waals surface area contributed by atoms with Crippen molar-refractivity contribution in [1.29, 1.82) is 0 Å². The Morgan fingerprint density at radius 1 is 1.13 bits per heavy atom. The number of hydrogen-bond acceptors (Lipinski definition) is 6. The number of halogens is 2. The summed E-state index contributed by atoms with van der Waals surface area (Å²) in [5, 5.41) is 19.0. The van der Waals surface area contributed by atoms with Crippen molar-refractivity contribution in [3.8, 4) is 5.75 Å². The van der Waals surface area contributed by atoms with E-state index in [1.54, 1.807) is 6.07 Å². The summed E-state index contributed by atoms with van der Waals surface area (Å²) in [6.45, 7) is 7.91. The van der Waals surface area contributed by atoms with Gasteiger partial charge in [-0.2, -0.15) is 0 Å². The Morgan fingerprint density at radius 3 is 2.48 bits per heavy atom. The molecule has 3 rings (SSSR count). The van der Waals surface area contributed by atoms with Gasteiger partial charge in [-0.05, 0) is 0 Å². The Bertz CT molecular complexity index is 984. The molecule has 6 nitrogen and oxygen atoms in total. The zero-order chi connectivity index (χ0) is 22.5. The zero-order valence-electron chi connectivity index (χ0n) is 18.0. The minimum atomic E-state index is -0.902. The van der Waals surface area contributed by atoms with Gasteiger partial charge in [-0.1, -0.05) is 0 Å². The molecule has 0 aliphatic carbocycles. The molecule has 1 aliphatic heterocycles. The van der Waals surface area contributed by atoms with Gasteiger partial charge in [0.05, 0.1) is 0 Å². The summed E-state index contributed by atoms with van der Waals surface area (Å²) in [6, 6.07) is 7.81. The van der Waals surface area contributed by atoms with E-state index in [1.807, 2.05) is 36.1 Å². The number of rotatable bonds is 8. The van der Waals surface area contributed by atoms with Crippen LogP contribution in [0.4, 0.5) is 0 Å². The molecule has 0 fully saturated rings. The van der Waals surface area contributed by atoms with Crippen molar-refractivity contribution in [3.05, 3.63) is 61.4 Å². The molecular weight excluding hydrogens is 531 g/mol. The Labute approximate surface area is 198 Å². The van der Waals surface area contributed by atoms with E-state index in [0.717, 1.165) is 40.1 Å². The van der Waals surface area contributed by atoms with Crippen LogP contribution in [-0.2, 0) is 9.49 Å². The van der Waals surface area contributed by atoms with Crippen molar-refractivity contribution in [2.75, 3.05) is 13.2 Å². The predicted molar refractivity (Wildman–Crippen MR) is 118 cm³/mol. The van der Waals surface area contributed by atoms with Crippen LogP contribution in [0.2, 0.25) is 5.15 Å². The number of aromatic nitrogens is 1. The van der Waals surface area contributed by atoms with E-state index < -0.39 is 27.7 Å². The van der Waals surface area contributed by atoms with Gasteiger partial charge in [-0.25, -0.2) is 0 Å². The topological polar surface area (TPSA) is 84.2 Å². The number of benzene rings is 1. The Hall–Kier alpha value is -1.68. The van der Waals surface area contributed by atoms with E-state index in [9.17, 15) is 5.11 Å². The summed E-state index contributed by atoms with van der Waals surface area (Å²) in [5.74, 6) is 1.75. The van der Waals surface area contributed by atoms with Gasteiger partial charge in [0.25, 0.3) is 0 Å². The van der Waals surface area contributed by atoms with E-state index in [2.05, 4.69) is 18.8 Å². The molecule has 2 N–H and O–H groups in total. The molecule has 8 heteroatoms. The van der Waals surface area contributed by atoms with Crippen molar-refractivity contribution in [3.63, 3.8) is 0 Å². The average Bonchev–Trinajstić information content (AvgIpc) is 2.72. The van der Waals surface area contributed by atoms with Crippen molar-refractivity contribution in [2.24, 2.45) is 10.9 Å². The molecule has 31 heavy (non-hydrogen) atoms. The first-order chi connectivity index (χ1) is 14.8. The van der Waals surface area contributed by atoms with Gasteiger partial charge >= 0.3 is 199 Å². The summed E-state index contributed by atoms with van der Waals surface area (Å²) in [4.78, 5) is 9.18. The summed E-state index contributed by atoms with van der Waals surface area (Å²) in [6.07, 6.45) is -0.0648. The minimum absolute atomic E-state index is 0.0450. The van der Waals surface area contributed by atoms with Crippen LogP contribution in [-0.4, -0.2) is 40.4 Å². The molecule has 168 valence electrons. The first kappa shape index (κ1) is 24.0. The molecule has 1 aromatic heterocycles. The van der Waals surface area contributed by atoms with E-state index in [0.29, 0.717) is 22.7 Å². The third kappa shape index (κ3) is 6.41. The van der Waals surface area contributed by atoms with E-state index in [1.165, 1.54) is 0 Å². The Balaban J connectivity index is 1.88. The maximum absolute atomic E-state index is 9.56. The van der Waals surface area contributed by atoms with Crippen LogP contribution < -0.4 is 26.4 Å². The standard InChI is InChI=1S/C23H27ClIN2O4/c1-13(2)5-18-8-17(9-21(24)26-18)23-27-20(10-25-31-23)16-6-14(3)22(15(4)7-16)30-12-19(29)11-28/h6-10,13,19,28-29H,5,11-12H2,1-4H3/q-1. The number of ether oxygens (including phenoxy) is 1. The normalized spacial score (nSPS) is 15.0. The van der Waals surface area contributed by atoms with Gasteiger partial charge < -0.3 is 0 Å². The summed E-state index contributed by atoms with van der Waals surface area (Å²) in [7, 11) is 0. The van der Waals surface area contributed by atoms with Gasteiger partial charge in [0.1, 0.15) is 0 Å². The predicted octanol–water partition coefficient (Wildman–Crippen LogP) is 1.06. The van der Waals surface area contributed by atoms with Crippen LogP contribution in [0.3, 0.4) is 0 Å². The third-order valence-electron chi connectivity index (χ3n) is 4.59. The summed E-state index contributed by atoms with van der Waals surface area (Å²) >= 11 is 5.60. The van der Waals surface area contributed by atoms with Gasteiger partial charge in [0.15, 0.2) is 0 Å². The molecule has 0 saturated carbocycles. The molecule has 0 saturated heterocycles. The molecule has 0 spiro atoms. The molecule has 0 amide bonds. The second kappa shape index (κ2) is 10.8. The van der Waals surface area contributed by atoms with Crippen LogP contribution >= 0.6 is 11.6 Å². The Kier molecular flexibility index (Phi) is 8.32. The quantitative estimate of drug-likeness (QED) is 0.375. The van der Waals surface area contributed by atoms with E-state index in [-0.39, 0.29) is 13.2 Å². The summed E-state index contributed by atoms with van der Waals surface area (Å²) in [5.41, 5.74) is 5.49. The molecule has 2 aromatic rings. The summed E-state index contributed by atoms with van der Waals surface area (Å²) < 4.78 is 13.7. The van der Waals surface area contributed by atoms with Crippen LogP contribution in [0, 0.1) is 19.8 Å². The molecule has 1 aliphatic rings. The Morgan fingerprint density at radius 2 is 1.84 bits per heavy atom. The van der Waals surface area contributed by atoms with Crippen molar-refractivity contribution < 1.29 is 39.6 Å². The SMILES string of the molecule is Cc1cc(C2=C[I-]OC(c3cc(Cl)nc(CC(C)C)c3)=N2)cc(C)c1OCC(O)CO. The molecule has 1 aromatic carbocycles. The number of hydrogen-bond donors (Lipinski definition) is 2. The zero-order valence-corrected chi connectivity index (χ0v) is 20.9. The third-order valence-corrected chi connectivity index (χ3v) is 6.30. The average molecular weight is 558 g/mol. The number of pyridine rings is 1. The molecule has 1 atom stereocenters. The molecule has 1 unspecified atom stereocenters. The van der Waals surface area contributed by atoms with Crippen LogP contribution in [0.25, 0.3) is 5.70 Å². The number of aliphatic hydroxyl groups is 2. The fraction of sp³-hybridized carbons (Fsp3) is 0.391. The van der Waals surface area contributed by atoms with E-state index in [4.69, 9.17) is 29.5 Å². The van der Waals surface area contributed by atoms with Crippen molar-refractivity contribution >= 4 is 23.2 Å². The molecular formula is C23H27ClIN2O4-. The van der Waals surface area contributed by atoms with Crippen LogP contribution in [0.1, 0.15) is 41.8 Å². The molecule has 0 radical (unpaired) electrons. The monoisotopic (exact) mass is 557 g/mol. The fourth-order valence-electron chi connectivity index (χ4n) is 3.25. The van der Waals surface area contributed by atoms with E-state index >= 15 is 0 Å². The first-order valence-electron chi connectivity index (χ1n) is 10.1. The second-order valence-corrected chi connectivity index (χ2v) is 9.89. The molecule has 2 heterocycles. The second-order valence-electron chi connectivity index (χ2n) is 7.93. The number of aliphatic hydroxyl groups excluding tert-OH is 2. The van der Waals surface area contributed by atoms with Gasteiger partial charge in [-0.15, -0.1) is 0 Å². The fourth-order valence-corrected chi connectivity index (χ4v) is 4.94. The number of nitrogens with zero attached hydrogens (tertiary/aromatic N) is 2. The van der Waals surface area contributed by atoms with Crippen molar-refractivity contribution in [2.45, 2.75) is 40.2 Å². The van der Waals surface area contributed by atoms with Gasteiger partial charge in [0.2, 0.25) is 0 Å². The number of aryl methyl sites for hydroxylation is 2. The van der Waals surface area contributed by atoms with Gasteiger partial charge in [-0.3, -0.25) is 0 Å². The van der Waals surface area contributed by atoms with Crippen molar-refractivity contribution in [1.82, 2.24) is 4.98 Å². The number of aliphatic imine (C=N–C) groups is 1. The van der Waals surface area contributed by atoms with Crippen LogP contribution in [0.5, 0.6) is 5.75 Å². The first-order valence-corrected chi connectivity index (χ1v) is 12.6.